The van der Waals surface area contributed by atoms with Gasteiger partial charge >= 0.3 is 0 Å². The fraction of sp³-hybridized carbons (Fsp3) is 0.381. The number of sulfonamides is 1. The largest absolute Gasteiger partial charge is 0.331 e. The Kier molecular flexibility index (Phi) is 6.61. The third kappa shape index (κ3) is 4.63. The molecule has 0 saturated heterocycles. The lowest BCUT2D eigenvalue weighted by Crippen LogP contribution is -2.34. The number of carbonyl (C=O) groups excluding carboxylic acids is 1. The van der Waals surface area contributed by atoms with Crippen molar-refractivity contribution in [1.29, 1.82) is 0 Å². The maximum atomic E-state index is 14.2. The van der Waals surface area contributed by atoms with Gasteiger partial charge in [-0.1, -0.05) is 37.6 Å². The molecule has 0 heterocycles. The predicted molar refractivity (Wildman–Crippen MR) is 111 cm³/mol. The predicted octanol–water partition coefficient (Wildman–Crippen LogP) is 4.31. The molecule has 0 unspecified atom stereocenters. The Morgan fingerprint density at radius 1 is 1.14 bits per heavy atom. The number of rotatable bonds is 8. The zero-order valence-electron chi connectivity index (χ0n) is 16.4. The molecule has 29 heavy (non-hydrogen) atoms. The van der Waals surface area contributed by atoms with Crippen molar-refractivity contribution in [1.82, 2.24) is 9.21 Å². The van der Waals surface area contributed by atoms with Crippen LogP contribution in [0.25, 0.3) is 0 Å². The van der Waals surface area contributed by atoms with E-state index in [9.17, 15) is 17.6 Å². The molecular weight excluding hydrogens is 415 g/mol. The highest BCUT2D eigenvalue weighted by molar-refractivity contribution is 7.89. The molecule has 1 aliphatic rings. The van der Waals surface area contributed by atoms with Gasteiger partial charge in [0.05, 0.1) is 11.4 Å². The van der Waals surface area contributed by atoms with Gasteiger partial charge in [0, 0.05) is 35.3 Å². The van der Waals surface area contributed by atoms with Gasteiger partial charge in [-0.15, -0.1) is 0 Å². The van der Waals surface area contributed by atoms with Crippen LogP contribution >= 0.6 is 11.6 Å². The van der Waals surface area contributed by atoms with Crippen LogP contribution < -0.4 is 0 Å². The van der Waals surface area contributed by atoms with Crippen LogP contribution in [-0.2, 0) is 16.6 Å². The molecule has 0 atom stereocenters. The Balaban J connectivity index is 1.92. The van der Waals surface area contributed by atoms with Gasteiger partial charge in [0.15, 0.2) is 0 Å². The van der Waals surface area contributed by atoms with Crippen LogP contribution in [0, 0.1) is 5.82 Å². The Labute approximate surface area is 176 Å². The molecule has 0 radical (unpaired) electrons. The highest BCUT2D eigenvalue weighted by atomic mass is 35.5. The summed E-state index contributed by atoms with van der Waals surface area (Å²) in [7, 11) is -3.68. The van der Waals surface area contributed by atoms with Crippen LogP contribution in [0.5, 0.6) is 0 Å². The molecule has 1 saturated carbocycles. The summed E-state index contributed by atoms with van der Waals surface area (Å²) in [4.78, 5) is 14.8. The molecule has 0 aliphatic heterocycles. The standard InChI is InChI=1S/C21H24ClFN2O3S/c1-3-24(4-2)29(27,28)17-8-5-7-15(13-17)21(26)25(16-11-12-16)14-18-19(22)9-6-10-20(18)23/h5-10,13,16H,3-4,11-12,14H2,1-2H3. The summed E-state index contributed by atoms with van der Waals surface area (Å²) in [5, 5.41) is 0.265. The van der Waals surface area contributed by atoms with Crippen LogP contribution in [0.3, 0.4) is 0 Å². The van der Waals surface area contributed by atoms with Gasteiger partial charge in [-0.05, 0) is 43.2 Å². The maximum Gasteiger partial charge on any atom is 0.254 e. The second kappa shape index (κ2) is 8.81. The van der Waals surface area contributed by atoms with Gasteiger partial charge in [0.1, 0.15) is 5.82 Å². The molecule has 1 fully saturated rings. The smallest absolute Gasteiger partial charge is 0.254 e. The zero-order chi connectivity index (χ0) is 21.2. The molecule has 0 bridgehead atoms. The zero-order valence-corrected chi connectivity index (χ0v) is 18.0. The van der Waals surface area contributed by atoms with E-state index in [1.54, 1.807) is 36.9 Å². The Morgan fingerprint density at radius 3 is 2.38 bits per heavy atom. The van der Waals surface area contributed by atoms with E-state index in [4.69, 9.17) is 11.6 Å². The minimum Gasteiger partial charge on any atom is -0.331 e. The minimum absolute atomic E-state index is 0.00113. The molecule has 1 aliphatic carbocycles. The van der Waals surface area contributed by atoms with E-state index in [1.807, 2.05) is 0 Å². The summed E-state index contributed by atoms with van der Waals surface area (Å²) < 4.78 is 41.2. The number of halogens is 2. The molecule has 0 aromatic heterocycles. The van der Waals surface area contributed by atoms with Crippen molar-refractivity contribution in [2.45, 2.75) is 44.2 Å². The molecule has 2 aromatic rings. The molecule has 5 nitrogen and oxygen atoms in total. The van der Waals surface area contributed by atoms with E-state index >= 15 is 0 Å². The Hall–Kier alpha value is -1.96. The SMILES string of the molecule is CCN(CC)S(=O)(=O)c1cccc(C(=O)N(Cc2c(F)cccc2Cl)C2CC2)c1. The van der Waals surface area contributed by atoms with Crippen molar-refractivity contribution in [3.63, 3.8) is 0 Å². The first-order valence-electron chi connectivity index (χ1n) is 9.63. The van der Waals surface area contributed by atoms with Crippen molar-refractivity contribution < 1.29 is 17.6 Å². The number of benzene rings is 2. The first kappa shape index (κ1) is 21.7. The van der Waals surface area contributed by atoms with Crippen molar-refractivity contribution in [2.24, 2.45) is 0 Å². The molecule has 0 spiro atoms. The van der Waals surface area contributed by atoms with Crippen LogP contribution in [0.4, 0.5) is 4.39 Å². The first-order valence-corrected chi connectivity index (χ1v) is 11.5. The number of carbonyl (C=O) groups is 1. The van der Waals surface area contributed by atoms with E-state index in [1.165, 1.54) is 28.6 Å². The van der Waals surface area contributed by atoms with Crippen LogP contribution in [0.2, 0.25) is 5.02 Å². The van der Waals surface area contributed by atoms with Crippen LogP contribution in [0.1, 0.15) is 42.6 Å². The summed E-state index contributed by atoms with van der Waals surface area (Å²) in [6, 6.07) is 10.5. The molecular formula is C21H24ClFN2O3S. The quantitative estimate of drug-likeness (QED) is 0.617. The van der Waals surface area contributed by atoms with E-state index < -0.39 is 15.8 Å². The lowest BCUT2D eigenvalue weighted by molar-refractivity contribution is 0.0728. The van der Waals surface area contributed by atoms with Crippen molar-refractivity contribution in [2.75, 3.05) is 13.1 Å². The molecule has 156 valence electrons. The number of hydrogen-bond acceptors (Lipinski definition) is 3. The number of nitrogens with zero attached hydrogens (tertiary/aromatic N) is 2. The minimum atomic E-state index is -3.68. The topological polar surface area (TPSA) is 57.7 Å². The molecule has 1 amide bonds. The highest BCUT2D eigenvalue weighted by Crippen LogP contribution is 2.32. The van der Waals surface area contributed by atoms with Crippen LogP contribution in [-0.4, -0.2) is 42.7 Å². The van der Waals surface area contributed by atoms with Crippen LogP contribution in [0.15, 0.2) is 47.4 Å². The number of hydrogen-bond donors (Lipinski definition) is 0. The summed E-state index contributed by atoms with van der Waals surface area (Å²) in [5.74, 6) is -0.794. The van der Waals surface area contributed by atoms with E-state index in [2.05, 4.69) is 0 Å². The second-order valence-corrected chi connectivity index (χ2v) is 9.33. The van der Waals surface area contributed by atoms with Crippen molar-refractivity contribution in [3.05, 3.63) is 64.4 Å². The van der Waals surface area contributed by atoms with Crippen molar-refractivity contribution in [3.8, 4) is 0 Å². The van der Waals surface area contributed by atoms with Gasteiger partial charge in [-0.2, -0.15) is 4.31 Å². The third-order valence-corrected chi connectivity index (χ3v) is 7.46. The summed E-state index contributed by atoms with van der Waals surface area (Å²) in [6.07, 6.45) is 1.66. The Bertz CT molecular complexity index is 984. The second-order valence-electron chi connectivity index (χ2n) is 6.98. The van der Waals surface area contributed by atoms with E-state index in [-0.39, 0.29) is 39.5 Å². The fourth-order valence-corrected chi connectivity index (χ4v) is 5.00. The van der Waals surface area contributed by atoms with Gasteiger partial charge in [-0.25, -0.2) is 12.8 Å². The third-order valence-electron chi connectivity index (χ3n) is 5.06. The normalized spacial score (nSPS) is 14.2. The highest BCUT2D eigenvalue weighted by Gasteiger charge is 2.34. The van der Waals surface area contributed by atoms with Crippen molar-refractivity contribution >= 4 is 27.5 Å². The molecule has 2 aromatic carbocycles. The maximum absolute atomic E-state index is 14.2. The average molecular weight is 439 g/mol. The molecule has 8 heteroatoms. The van der Waals surface area contributed by atoms with Gasteiger partial charge < -0.3 is 4.90 Å². The average Bonchev–Trinajstić information content (AvgIpc) is 3.53. The van der Waals surface area contributed by atoms with E-state index in [0.29, 0.717) is 13.1 Å². The first-order chi connectivity index (χ1) is 13.8. The van der Waals surface area contributed by atoms with E-state index in [0.717, 1.165) is 12.8 Å². The fourth-order valence-electron chi connectivity index (χ4n) is 3.27. The van der Waals surface area contributed by atoms with Gasteiger partial charge in [-0.3, -0.25) is 4.79 Å². The number of amides is 1. The van der Waals surface area contributed by atoms with Gasteiger partial charge in [0.25, 0.3) is 5.91 Å². The Morgan fingerprint density at radius 2 is 1.79 bits per heavy atom. The summed E-state index contributed by atoms with van der Waals surface area (Å²) in [6.45, 7) is 4.27. The monoisotopic (exact) mass is 438 g/mol. The molecule has 3 rings (SSSR count). The lowest BCUT2D eigenvalue weighted by atomic mass is 10.1. The van der Waals surface area contributed by atoms with Gasteiger partial charge in [0.2, 0.25) is 10.0 Å². The molecule has 0 N–H and O–H groups in total. The lowest BCUT2D eigenvalue weighted by Gasteiger charge is -2.24. The summed E-state index contributed by atoms with van der Waals surface area (Å²) in [5.41, 5.74) is 0.527. The summed E-state index contributed by atoms with van der Waals surface area (Å²) >= 11 is 6.14.